The molecule has 0 saturated carbocycles. The molecule has 0 aliphatic carbocycles. The summed E-state index contributed by atoms with van der Waals surface area (Å²) in [6.07, 6.45) is 2.24. The smallest absolute Gasteiger partial charge is 0.246 e. The third-order valence-corrected chi connectivity index (χ3v) is 7.79. The molecule has 45 heavy (non-hydrogen) atoms. The van der Waals surface area contributed by atoms with Gasteiger partial charge < -0.3 is 30.0 Å². The van der Waals surface area contributed by atoms with E-state index in [0.29, 0.717) is 31.1 Å². The van der Waals surface area contributed by atoms with Crippen LogP contribution in [0, 0.1) is 5.92 Å². The molecule has 3 N–H and O–H groups in total. The number of rotatable bonds is 14. The molecule has 0 spiro atoms. The molecule has 1 aliphatic heterocycles. The molecule has 3 aromatic carbocycles. The van der Waals surface area contributed by atoms with Crippen LogP contribution in [0.3, 0.4) is 0 Å². The number of fused-ring (bicyclic) bond motifs is 1. The first-order chi connectivity index (χ1) is 21.9. The van der Waals surface area contributed by atoms with Crippen LogP contribution in [0.25, 0.3) is 10.9 Å². The van der Waals surface area contributed by atoms with Crippen molar-refractivity contribution in [3.63, 3.8) is 0 Å². The molecule has 1 fully saturated rings. The highest BCUT2D eigenvalue weighted by molar-refractivity contribution is 6.05. The lowest BCUT2D eigenvalue weighted by molar-refractivity contribution is -0.147. The molecule has 5 rings (SSSR count). The highest BCUT2D eigenvalue weighted by Crippen LogP contribution is 2.29. The number of aromatic nitrogens is 1. The van der Waals surface area contributed by atoms with E-state index in [0.717, 1.165) is 27.6 Å². The van der Waals surface area contributed by atoms with Gasteiger partial charge in [0, 0.05) is 30.1 Å². The van der Waals surface area contributed by atoms with Crippen molar-refractivity contribution in [2.24, 2.45) is 5.92 Å². The Morgan fingerprint density at radius 2 is 1.67 bits per heavy atom. The number of benzene rings is 3. The van der Waals surface area contributed by atoms with E-state index in [9.17, 15) is 19.2 Å². The van der Waals surface area contributed by atoms with Crippen molar-refractivity contribution < 1.29 is 28.7 Å². The molecule has 2 unspecified atom stereocenters. The number of nitrogens with zero attached hydrogens (tertiary/aromatic N) is 1. The first-order valence-electron chi connectivity index (χ1n) is 15.2. The lowest BCUT2D eigenvalue weighted by Gasteiger charge is -2.33. The topological polar surface area (TPSA) is 130 Å². The Morgan fingerprint density at radius 3 is 2.44 bits per heavy atom. The maximum Gasteiger partial charge on any atom is 0.246 e. The average Bonchev–Trinajstić information content (AvgIpc) is 3.45. The summed E-state index contributed by atoms with van der Waals surface area (Å²) in [6, 6.07) is 21.7. The Kier molecular flexibility index (Phi) is 10.1. The third-order valence-electron chi connectivity index (χ3n) is 7.79. The number of nitrogens with one attached hydrogen (secondary N) is 3. The Hall–Kier alpha value is -5.12. The van der Waals surface area contributed by atoms with Gasteiger partial charge in [0.1, 0.15) is 18.5 Å². The number of amides is 3. The Balaban J connectivity index is 1.34. The monoisotopic (exact) mass is 610 g/mol. The number of ketones is 1. The van der Waals surface area contributed by atoms with Crippen molar-refractivity contribution in [3.8, 4) is 11.5 Å². The number of H-pyrrole nitrogens is 1. The number of carbonyl (C=O) groups excluding carboxylic acids is 4. The number of piperazine rings is 1. The van der Waals surface area contributed by atoms with Gasteiger partial charge in [-0.25, -0.2) is 0 Å². The van der Waals surface area contributed by atoms with Gasteiger partial charge in [0.05, 0.1) is 19.8 Å². The van der Waals surface area contributed by atoms with Crippen molar-refractivity contribution >= 4 is 34.4 Å². The van der Waals surface area contributed by atoms with Gasteiger partial charge in [0.15, 0.2) is 17.3 Å². The predicted molar refractivity (Wildman–Crippen MR) is 170 cm³/mol. The minimum Gasteiger partial charge on any atom is -0.490 e. The van der Waals surface area contributed by atoms with Crippen LogP contribution < -0.4 is 20.1 Å². The summed E-state index contributed by atoms with van der Waals surface area (Å²) in [7, 11) is 0. The fraction of sp³-hybridized carbons (Fsp3) is 0.314. The summed E-state index contributed by atoms with van der Waals surface area (Å²) in [5.41, 5.74) is 3.37. The first kappa shape index (κ1) is 31.3. The van der Waals surface area contributed by atoms with E-state index in [1.54, 1.807) is 12.3 Å². The molecule has 3 amide bonds. The number of para-hydroxylation sites is 1. The van der Waals surface area contributed by atoms with Gasteiger partial charge in [0.2, 0.25) is 17.7 Å². The van der Waals surface area contributed by atoms with Crippen LogP contribution in [0.2, 0.25) is 0 Å². The summed E-state index contributed by atoms with van der Waals surface area (Å²) in [5, 5.41) is 6.57. The van der Waals surface area contributed by atoms with Crippen LogP contribution >= 0.6 is 0 Å². The van der Waals surface area contributed by atoms with Crippen LogP contribution in [0.4, 0.5) is 0 Å². The molecule has 1 aliphatic rings. The summed E-state index contributed by atoms with van der Waals surface area (Å²) in [4.78, 5) is 58.0. The van der Waals surface area contributed by atoms with Crippen molar-refractivity contribution in [1.82, 2.24) is 20.5 Å². The van der Waals surface area contributed by atoms with Gasteiger partial charge in [-0.3, -0.25) is 19.2 Å². The maximum absolute atomic E-state index is 13.9. The Labute approximate surface area is 262 Å². The zero-order valence-electron chi connectivity index (χ0n) is 25.5. The highest BCUT2D eigenvalue weighted by Gasteiger charge is 2.36. The Morgan fingerprint density at radius 1 is 0.933 bits per heavy atom. The lowest BCUT2D eigenvalue weighted by atomic mass is 9.93. The summed E-state index contributed by atoms with van der Waals surface area (Å²) < 4.78 is 11.4. The lowest BCUT2D eigenvalue weighted by Crippen LogP contribution is -2.60. The first-order valence-corrected chi connectivity index (χ1v) is 15.2. The number of hydrogen-bond acceptors (Lipinski definition) is 6. The summed E-state index contributed by atoms with van der Waals surface area (Å²) in [6.45, 7) is 4.28. The van der Waals surface area contributed by atoms with E-state index in [1.807, 2.05) is 80.6 Å². The number of Topliss-reactive ketones (excluding diaryl/α,β-unsaturated/α-hetero) is 1. The van der Waals surface area contributed by atoms with E-state index in [1.165, 1.54) is 4.90 Å². The van der Waals surface area contributed by atoms with E-state index in [-0.39, 0.29) is 37.9 Å². The van der Waals surface area contributed by atoms with Crippen LogP contribution in [0.1, 0.15) is 30.5 Å². The Bertz CT molecular complexity index is 1670. The van der Waals surface area contributed by atoms with Gasteiger partial charge in [-0.05, 0) is 55.2 Å². The fourth-order valence-corrected chi connectivity index (χ4v) is 5.58. The van der Waals surface area contributed by atoms with Crippen molar-refractivity contribution in [2.75, 3.05) is 26.3 Å². The van der Waals surface area contributed by atoms with E-state index >= 15 is 0 Å². The van der Waals surface area contributed by atoms with E-state index in [4.69, 9.17) is 9.47 Å². The number of carbonyl (C=O) groups is 4. The van der Waals surface area contributed by atoms with Crippen LogP contribution in [-0.4, -0.2) is 65.7 Å². The minimum atomic E-state index is -1.09. The molecule has 10 heteroatoms. The van der Waals surface area contributed by atoms with E-state index in [2.05, 4.69) is 15.6 Å². The van der Waals surface area contributed by atoms with Gasteiger partial charge in [-0.2, -0.15) is 0 Å². The molecule has 0 bridgehead atoms. The highest BCUT2D eigenvalue weighted by atomic mass is 16.5. The van der Waals surface area contributed by atoms with Gasteiger partial charge in [-0.15, -0.1) is 0 Å². The van der Waals surface area contributed by atoms with Crippen molar-refractivity contribution in [3.05, 3.63) is 95.7 Å². The van der Waals surface area contributed by atoms with Crippen LogP contribution in [-0.2, 0) is 38.6 Å². The molecular formula is C35H38N4O6. The minimum absolute atomic E-state index is 0.129. The number of ether oxygens (including phenoxy) is 2. The summed E-state index contributed by atoms with van der Waals surface area (Å²) >= 11 is 0. The second-order valence-corrected chi connectivity index (χ2v) is 11.0. The molecule has 2 heterocycles. The largest absolute Gasteiger partial charge is 0.490 e. The molecule has 1 saturated heterocycles. The molecular weight excluding hydrogens is 572 g/mol. The van der Waals surface area contributed by atoms with Crippen molar-refractivity contribution in [2.45, 2.75) is 39.3 Å². The predicted octanol–water partition coefficient (Wildman–Crippen LogP) is 3.58. The van der Waals surface area contributed by atoms with Gasteiger partial charge in [-0.1, -0.05) is 54.6 Å². The van der Waals surface area contributed by atoms with Crippen LogP contribution in [0.15, 0.2) is 79.0 Å². The summed E-state index contributed by atoms with van der Waals surface area (Å²) in [5.74, 6) is -1.51. The number of aromatic amines is 1. The number of hydrogen-bond donors (Lipinski definition) is 3. The molecule has 0 radical (unpaired) electrons. The van der Waals surface area contributed by atoms with E-state index < -0.39 is 23.7 Å². The second-order valence-electron chi connectivity index (χ2n) is 11.0. The molecule has 10 nitrogen and oxygen atoms in total. The second kappa shape index (κ2) is 14.6. The SMILES string of the molecule is CCOc1ccc(CNC(=O)C(Cc2c[nH]c3ccccc23)C(=O)CN2CC(=O)NC(Cc3ccccc3)C2=O)cc1OCC. The molecule has 234 valence electrons. The molecule has 4 aromatic rings. The molecule has 2 atom stereocenters. The zero-order chi connectivity index (χ0) is 31.8. The molecule has 1 aromatic heterocycles. The van der Waals surface area contributed by atoms with Crippen molar-refractivity contribution in [1.29, 1.82) is 0 Å². The average molecular weight is 611 g/mol. The van der Waals surface area contributed by atoms with Gasteiger partial charge in [0.25, 0.3) is 0 Å². The zero-order valence-corrected chi connectivity index (χ0v) is 25.5. The quantitative estimate of drug-likeness (QED) is 0.187. The maximum atomic E-state index is 13.9. The third kappa shape index (κ3) is 7.70. The standard InChI is InChI=1S/C35H38N4O6/c1-3-44-31-15-14-24(17-32(31)45-4-2)19-37-34(42)27(18-25-20-36-28-13-9-8-12-26(25)28)30(40)21-39-22-33(41)38-29(35(39)43)16-23-10-6-5-7-11-23/h5-15,17,20,27,29,36H,3-4,16,18-19,21-22H2,1-2H3,(H,37,42)(H,38,41). The fourth-order valence-electron chi connectivity index (χ4n) is 5.58. The van der Waals surface area contributed by atoms with Crippen LogP contribution in [0.5, 0.6) is 11.5 Å². The normalized spacial score (nSPS) is 15.4. The van der Waals surface area contributed by atoms with Gasteiger partial charge >= 0.3 is 0 Å².